The molecule has 2 atom stereocenters. The lowest BCUT2D eigenvalue weighted by molar-refractivity contribution is 0.129. The Kier molecular flexibility index (Phi) is 5.33. The van der Waals surface area contributed by atoms with Gasteiger partial charge in [0.05, 0.1) is 11.9 Å². The van der Waals surface area contributed by atoms with Gasteiger partial charge in [0.15, 0.2) is 0 Å². The third-order valence-electron chi connectivity index (χ3n) is 2.44. The number of nitrogens with one attached hydrogen (secondary N) is 1. The highest BCUT2D eigenvalue weighted by Crippen LogP contribution is 2.23. The zero-order chi connectivity index (χ0) is 10.4. The van der Waals surface area contributed by atoms with Crippen molar-refractivity contribution in [2.75, 3.05) is 12.4 Å². The highest BCUT2D eigenvalue weighted by atomic mass is 32.2. The van der Waals surface area contributed by atoms with E-state index in [9.17, 15) is 0 Å². The van der Waals surface area contributed by atoms with Crippen LogP contribution in [0.3, 0.4) is 0 Å². The molecule has 3 nitrogen and oxygen atoms in total. The summed E-state index contributed by atoms with van der Waals surface area (Å²) in [6, 6.07) is 0. The van der Waals surface area contributed by atoms with Crippen LogP contribution in [0.2, 0.25) is 0 Å². The van der Waals surface area contributed by atoms with Gasteiger partial charge < -0.3 is 10.5 Å². The van der Waals surface area contributed by atoms with Crippen molar-refractivity contribution in [1.82, 2.24) is 0 Å². The molecule has 0 amide bonds. The van der Waals surface area contributed by atoms with E-state index < -0.39 is 0 Å². The monoisotopic (exact) mass is 216 g/mol. The van der Waals surface area contributed by atoms with Crippen LogP contribution in [-0.4, -0.2) is 29.5 Å². The fraction of sp³-hybridized carbons (Fsp3) is 0.900. The molecule has 0 bridgehead atoms. The minimum absolute atomic E-state index is 0.302. The van der Waals surface area contributed by atoms with Gasteiger partial charge in [-0.2, -0.15) is 11.8 Å². The molecule has 0 aromatic carbocycles. The van der Waals surface area contributed by atoms with E-state index in [0.29, 0.717) is 23.6 Å². The summed E-state index contributed by atoms with van der Waals surface area (Å²) in [5, 5.41) is 7.75. The van der Waals surface area contributed by atoms with Crippen LogP contribution in [0.15, 0.2) is 0 Å². The summed E-state index contributed by atoms with van der Waals surface area (Å²) in [6.45, 7) is 3.07. The average molecular weight is 216 g/mol. The second kappa shape index (κ2) is 6.30. The predicted octanol–water partition coefficient (Wildman–Crippen LogP) is 2.00. The molecule has 82 valence electrons. The number of amidine groups is 1. The van der Waals surface area contributed by atoms with E-state index in [4.69, 9.17) is 15.9 Å². The molecule has 3 N–H and O–H groups in total. The Morgan fingerprint density at radius 1 is 1.71 bits per heavy atom. The summed E-state index contributed by atoms with van der Waals surface area (Å²) in [4.78, 5) is 0. The molecular formula is C10H20N2OS. The van der Waals surface area contributed by atoms with Crippen molar-refractivity contribution >= 4 is 17.6 Å². The van der Waals surface area contributed by atoms with Crippen LogP contribution >= 0.6 is 11.8 Å². The lowest BCUT2D eigenvalue weighted by Gasteiger charge is -2.16. The Hall–Kier alpha value is -0.220. The van der Waals surface area contributed by atoms with E-state index in [1.165, 1.54) is 12.8 Å². The van der Waals surface area contributed by atoms with Gasteiger partial charge in [-0.1, -0.05) is 6.92 Å². The van der Waals surface area contributed by atoms with Crippen molar-refractivity contribution in [2.24, 2.45) is 5.73 Å². The van der Waals surface area contributed by atoms with Crippen LogP contribution < -0.4 is 5.73 Å². The molecule has 1 aliphatic heterocycles. The minimum Gasteiger partial charge on any atom is -0.388 e. The molecule has 0 aromatic heterocycles. The summed E-state index contributed by atoms with van der Waals surface area (Å²) >= 11 is 1.90. The molecule has 0 aromatic rings. The van der Waals surface area contributed by atoms with Gasteiger partial charge >= 0.3 is 0 Å². The van der Waals surface area contributed by atoms with Crippen molar-refractivity contribution in [3.05, 3.63) is 0 Å². The molecule has 0 aliphatic carbocycles. The van der Waals surface area contributed by atoms with Crippen molar-refractivity contribution < 1.29 is 4.74 Å². The van der Waals surface area contributed by atoms with E-state index in [-0.39, 0.29) is 0 Å². The molecule has 1 saturated heterocycles. The number of ether oxygens (including phenoxy) is 1. The summed E-state index contributed by atoms with van der Waals surface area (Å²) < 4.78 is 5.55. The molecule has 0 radical (unpaired) electrons. The van der Waals surface area contributed by atoms with Gasteiger partial charge in [0.1, 0.15) is 0 Å². The minimum atomic E-state index is 0.302. The summed E-state index contributed by atoms with van der Waals surface area (Å²) in [5.74, 6) is 1.36. The Labute approximate surface area is 90.3 Å². The van der Waals surface area contributed by atoms with E-state index in [1.54, 1.807) is 0 Å². The molecule has 0 spiro atoms. The standard InChI is InChI=1S/C10H20N2OS/c1-2-9(6-10(11)12)14-7-8-4-3-5-13-8/h8-9H,2-7H2,1H3,(H3,11,12). The predicted molar refractivity (Wildman–Crippen MR) is 62.0 cm³/mol. The fourth-order valence-electron chi connectivity index (χ4n) is 1.59. The van der Waals surface area contributed by atoms with Crippen LogP contribution in [0.1, 0.15) is 32.6 Å². The lowest BCUT2D eigenvalue weighted by Crippen LogP contribution is -2.19. The van der Waals surface area contributed by atoms with Crippen molar-refractivity contribution in [1.29, 1.82) is 5.41 Å². The van der Waals surface area contributed by atoms with Gasteiger partial charge in [-0.25, -0.2) is 0 Å². The number of nitrogens with two attached hydrogens (primary N) is 1. The van der Waals surface area contributed by atoms with Crippen LogP contribution in [-0.2, 0) is 4.74 Å². The molecule has 1 fully saturated rings. The first-order valence-electron chi connectivity index (χ1n) is 5.28. The maximum absolute atomic E-state index is 7.25. The number of rotatable bonds is 6. The Bertz CT molecular complexity index is 181. The number of thioether (sulfide) groups is 1. The Morgan fingerprint density at radius 3 is 3.00 bits per heavy atom. The quantitative estimate of drug-likeness (QED) is 0.527. The maximum atomic E-state index is 7.25. The lowest BCUT2D eigenvalue weighted by atomic mass is 10.2. The Balaban J connectivity index is 2.15. The molecule has 1 rings (SSSR count). The van der Waals surface area contributed by atoms with E-state index in [2.05, 4.69) is 6.92 Å². The van der Waals surface area contributed by atoms with Crippen LogP contribution in [0.5, 0.6) is 0 Å². The molecule has 0 saturated carbocycles. The highest BCUT2D eigenvalue weighted by Gasteiger charge is 2.17. The smallest absolute Gasteiger partial charge is 0.0916 e. The van der Waals surface area contributed by atoms with Crippen molar-refractivity contribution in [3.63, 3.8) is 0 Å². The zero-order valence-electron chi connectivity index (χ0n) is 8.79. The fourth-order valence-corrected chi connectivity index (χ4v) is 2.87. The molecule has 1 heterocycles. The van der Waals surface area contributed by atoms with E-state index in [0.717, 1.165) is 18.8 Å². The SMILES string of the molecule is CCC(CC(=N)N)SCC1CCCO1. The third kappa shape index (κ3) is 4.33. The normalized spacial score (nSPS) is 23.6. The molecule has 1 aliphatic rings. The van der Waals surface area contributed by atoms with Crippen LogP contribution in [0, 0.1) is 5.41 Å². The van der Waals surface area contributed by atoms with Crippen LogP contribution in [0.4, 0.5) is 0 Å². The molecule has 4 heteroatoms. The summed E-state index contributed by atoms with van der Waals surface area (Å²) in [5.41, 5.74) is 5.39. The third-order valence-corrected chi connectivity index (χ3v) is 3.98. The van der Waals surface area contributed by atoms with Crippen molar-refractivity contribution in [3.8, 4) is 0 Å². The average Bonchev–Trinajstić information content (AvgIpc) is 2.64. The largest absolute Gasteiger partial charge is 0.388 e. The molecular weight excluding hydrogens is 196 g/mol. The van der Waals surface area contributed by atoms with Gasteiger partial charge in [0.2, 0.25) is 0 Å². The zero-order valence-corrected chi connectivity index (χ0v) is 9.61. The van der Waals surface area contributed by atoms with E-state index in [1.807, 2.05) is 11.8 Å². The second-order valence-electron chi connectivity index (χ2n) is 3.73. The topological polar surface area (TPSA) is 59.1 Å². The van der Waals surface area contributed by atoms with Crippen molar-refractivity contribution in [2.45, 2.75) is 44.0 Å². The first-order valence-corrected chi connectivity index (χ1v) is 6.33. The Morgan fingerprint density at radius 2 is 2.50 bits per heavy atom. The summed E-state index contributed by atoms with van der Waals surface area (Å²) in [6.07, 6.45) is 4.64. The first-order chi connectivity index (χ1) is 6.72. The van der Waals surface area contributed by atoms with Gasteiger partial charge in [-0.15, -0.1) is 0 Å². The first kappa shape index (κ1) is 11.9. The van der Waals surface area contributed by atoms with Gasteiger partial charge in [0.25, 0.3) is 0 Å². The number of hydrogen-bond donors (Lipinski definition) is 2. The van der Waals surface area contributed by atoms with Gasteiger partial charge in [-0.05, 0) is 19.3 Å². The summed E-state index contributed by atoms with van der Waals surface area (Å²) in [7, 11) is 0. The second-order valence-corrected chi connectivity index (χ2v) is 5.06. The van der Waals surface area contributed by atoms with E-state index >= 15 is 0 Å². The molecule has 14 heavy (non-hydrogen) atoms. The van der Waals surface area contributed by atoms with Crippen LogP contribution in [0.25, 0.3) is 0 Å². The van der Waals surface area contributed by atoms with Gasteiger partial charge in [-0.3, -0.25) is 5.41 Å². The number of hydrogen-bond acceptors (Lipinski definition) is 3. The highest BCUT2D eigenvalue weighted by molar-refractivity contribution is 7.99. The maximum Gasteiger partial charge on any atom is 0.0916 e. The molecule has 2 unspecified atom stereocenters. The van der Waals surface area contributed by atoms with Gasteiger partial charge in [0, 0.05) is 24.0 Å².